The summed E-state index contributed by atoms with van der Waals surface area (Å²) in [6.45, 7) is 7.93. The molecule has 0 aromatic heterocycles. The van der Waals surface area contributed by atoms with Crippen molar-refractivity contribution in [2.75, 3.05) is 13.1 Å². The highest BCUT2D eigenvalue weighted by molar-refractivity contribution is 5.76. The fourth-order valence-electron chi connectivity index (χ4n) is 4.19. The highest BCUT2D eigenvalue weighted by Gasteiger charge is 2.25. The van der Waals surface area contributed by atoms with E-state index in [1.54, 1.807) is 0 Å². The van der Waals surface area contributed by atoms with Crippen molar-refractivity contribution in [3.8, 4) is 0 Å². The lowest BCUT2D eigenvalue weighted by Crippen LogP contribution is -2.48. The number of hydrogen-bond donors (Lipinski definition) is 0. The number of nitrogens with zero attached hydrogens (tertiary/aromatic N) is 1. The average Bonchev–Trinajstić information content (AvgIpc) is 2.64. The molecule has 3 heteroatoms. The van der Waals surface area contributed by atoms with Crippen LogP contribution in [0, 0.1) is 0 Å². The van der Waals surface area contributed by atoms with Crippen LogP contribution in [-0.2, 0) is 9.53 Å². The smallest absolute Gasteiger partial charge is 0.222 e. The molecule has 0 aliphatic carbocycles. The summed E-state index contributed by atoms with van der Waals surface area (Å²) in [6.07, 6.45) is 21.6. The number of amides is 1. The van der Waals surface area contributed by atoms with E-state index in [2.05, 4.69) is 20.8 Å². The van der Waals surface area contributed by atoms with E-state index in [4.69, 9.17) is 4.74 Å². The molecule has 0 saturated carbocycles. The summed E-state index contributed by atoms with van der Waals surface area (Å²) in [5, 5.41) is 0. The Morgan fingerprint density at radius 2 is 1.07 bits per heavy atom. The van der Waals surface area contributed by atoms with Gasteiger partial charge in [-0.15, -0.1) is 0 Å². The molecule has 160 valence electrons. The highest BCUT2D eigenvalue weighted by Crippen LogP contribution is 2.15. The van der Waals surface area contributed by atoms with E-state index in [0.717, 1.165) is 25.9 Å². The van der Waals surface area contributed by atoms with Crippen LogP contribution in [0.1, 0.15) is 124 Å². The molecule has 0 N–H and O–H groups in total. The standard InChI is InChI=1S/C24H47NO2/c1-4-5-6-7-8-9-10-11-12-13-14-15-16-17-18-19-24(26)25-20-22(2)27-23(3)21-25/h22-23H,4-21H2,1-3H3. The van der Waals surface area contributed by atoms with Crippen molar-refractivity contribution < 1.29 is 9.53 Å². The first-order chi connectivity index (χ1) is 13.1. The van der Waals surface area contributed by atoms with Gasteiger partial charge in [-0.1, -0.05) is 96.8 Å². The van der Waals surface area contributed by atoms with Gasteiger partial charge >= 0.3 is 0 Å². The fourth-order valence-corrected chi connectivity index (χ4v) is 4.19. The number of unbranched alkanes of at least 4 members (excludes halogenated alkanes) is 14. The number of morpholine rings is 1. The van der Waals surface area contributed by atoms with Crippen LogP contribution in [0.2, 0.25) is 0 Å². The van der Waals surface area contributed by atoms with E-state index in [1.807, 2.05) is 4.90 Å². The van der Waals surface area contributed by atoms with E-state index in [-0.39, 0.29) is 12.2 Å². The van der Waals surface area contributed by atoms with E-state index < -0.39 is 0 Å². The minimum absolute atomic E-state index is 0.179. The maximum Gasteiger partial charge on any atom is 0.222 e. The maximum atomic E-state index is 12.3. The van der Waals surface area contributed by atoms with E-state index in [0.29, 0.717) is 5.91 Å². The first kappa shape index (κ1) is 24.5. The van der Waals surface area contributed by atoms with Crippen LogP contribution in [-0.4, -0.2) is 36.1 Å². The maximum absolute atomic E-state index is 12.3. The predicted molar refractivity (Wildman–Crippen MR) is 116 cm³/mol. The summed E-state index contributed by atoms with van der Waals surface area (Å²) in [7, 11) is 0. The van der Waals surface area contributed by atoms with Crippen LogP contribution >= 0.6 is 0 Å². The first-order valence-corrected chi connectivity index (χ1v) is 12.1. The van der Waals surface area contributed by atoms with Gasteiger partial charge in [-0.2, -0.15) is 0 Å². The fraction of sp³-hybridized carbons (Fsp3) is 0.958. The molecule has 3 nitrogen and oxygen atoms in total. The molecule has 1 heterocycles. The van der Waals surface area contributed by atoms with Gasteiger partial charge in [0, 0.05) is 19.5 Å². The van der Waals surface area contributed by atoms with Crippen molar-refractivity contribution in [1.82, 2.24) is 4.90 Å². The van der Waals surface area contributed by atoms with Crippen LogP contribution in [0.15, 0.2) is 0 Å². The quantitative estimate of drug-likeness (QED) is 0.273. The minimum atomic E-state index is 0.179. The van der Waals surface area contributed by atoms with Crippen LogP contribution in [0.25, 0.3) is 0 Å². The second-order valence-electron chi connectivity index (χ2n) is 8.76. The van der Waals surface area contributed by atoms with Gasteiger partial charge in [0.15, 0.2) is 0 Å². The molecule has 1 fully saturated rings. The summed E-state index contributed by atoms with van der Waals surface area (Å²) >= 11 is 0. The second-order valence-corrected chi connectivity index (χ2v) is 8.76. The van der Waals surface area contributed by atoms with E-state index in [9.17, 15) is 4.79 Å². The Bertz CT molecular complexity index is 348. The molecule has 2 atom stereocenters. The summed E-state index contributed by atoms with van der Waals surface area (Å²) in [4.78, 5) is 14.3. The number of carbonyl (C=O) groups excluding carboxylic acids is 1. The number of hydrogen-bond acceptors (Lipinski definition) is 2. The molecule has 1 amide bonds. The molecule has 0 spiro atoms. The first-order valence-electron chi connectivity index (χ1n) is 12.1. The topological polar surface area (TPSA) is 29.5 Å². The Kier molecular flexibility index (Phi) is 14.9. The molecular weight excluding hydrogens is 334 g/mol. The van der Waals surface area contributed by atoms with Gasteiger partial charge in [-0.3, -0.25) is 4.79 Å². The van der Waals surface area contributed by atoms with Crippen LogP contribution in [0.3, 0.4) is 0 Å². The molecule has 1 saturated heterocycles. The van der Waals surface area contributed by atoms with Crippen LogP contribution in [0.4, 0.5) is 0 Å². The van der Waals surface area contributed by atoms with Gasteiger partial charge in [-0.05, 0) is 20.3 Å². The van der Waals surface area contributed by atoms with Crippen molar-refractivity contribution in [2.45, 2.75) is 136 Å². The molecule has 0 aromatic rings. The lowest BCUT2D eigenvalue weighted by Gasteiger charge is -2.35. The normalized spacial score (nSPS) is 20.2. The van der Waals surface area contributed by atoms with Gasteiger partial charge < -0.3 is 9.64 Å². The van der Waals surface area contributed by atoms with Crippen molar-refractivity contribution in [1.29, 1.82) is 0 Å². The molecular formula is C24H47NO2. The van der Waals surface area contributed by atoms with Gasteiger partial charge in [0.1, 0.15) is 0 Å². The Hall–Kier alpha value is -0.570. The lowest BCUT2D eigenvalue weighted by atomic mass is 10.0. The van der Waals surface area contributed by atoms with Crippen molar-refractivity contribution in [2.24, 2.45) is 0 Å². The van der Waals surface area contributed by atoms with E-state index in [1.165, 1.54) is 89.9 Å². The molecule has 1 aliphatic heterocycles. The van der Waals surface area contributed by atoms with Gasteiger partial charge in [0.05, 0.1) is 12.2 Å². The van der Waals surface area contributed by atoms with Gasteiger partial charge in [-0.25, -0.2) is 0 Å². The number of rotatable bonds is 16. The number of ether oxygens (including phenoxy) is 1. The lowest BCUT2D eigenvalue weighted by molar-refractivity contribution is -0.143. The third kappa shape index (κ3) is 13.3. The predicted octanol–water partition coefficient (Wildman–Crippen LogP) is 6.88. The Morgan fingerprint density at radius 3 is 1.48 bits per heavy atom. The summed E-state index contributed by atoms with van der Waals surface area (Å²) in [5.74, 6) is 0.326. The molecule has 2 unspecified atom stereocenters. The average molecular weight is 382 g/mol. The van der Waals surface area contributed by atoms with Gasteiger partial charge in [0.25, 0.3) is 0 Å². The SMILES string of the molecule is CCCCCCCCCCCCCCCCCC(=O)N1CC(C)OC(C)C1. The summed E-state index contributed by atoms with van der Waals surface area (Å²) in [6, 6.07) is 0. The van der Waals surface area contributed by atoms with Gasteiger partial charge in [0.2, 0.25) is 5.91 Å². The van der Waals surface area contributed by atoms with Crippen molar-refractivity contribution in [3.63, 3.8) is 0 Å². The Morgan fingerprint density at radius 1 is 0.704 bits per heavy atom. The summed E-state index contributed by atoms with van der Waals surface area (Å²) < 4.78 is 5.70. The Labute approximate surface area is 169 Å². The van der Waals surface area contributed by atoms with Crippen molar-refractivity contribution in [3.05, 3.63) is 0 Å². The zero-order chi connectivity index (χ0) is 19.7. The molecule has 0 aromatic carbocycles. The monoisotopic (exact) mass is 381 g/mol. The second kappa shape index (κ2) is 16.4. The van der Waals surface area contributed by atoms with Crippen LogP contribution < -0.4 is 0 Å². The molecule has 27 heavy (non-hydrogen) atoms. The van der Waals surface area contributed by atoms with Crippen LogP contribution in [0.5, 0.6) is 0 Å². The Balaban J connectivity index is 1.82. The highest BCUT2D eigenvalue weighted by atomic mass is 16.5. The molecule has 0 bridgehead atoms. The van der Waals surface area contributed by atoms with Crippen molar-refractivity contribution >= 4 is 5.91 Å². The molecule has 1 rings (SSSR count). The third-order valence-corrected chi connectivity index (χ3v) is 5.77. The summed E-state index contributed by atoms with van der Waals surface area (Å²) in [5.41, 5.74) is 0. The largest absolute Gasteiger partial charge is 0.372 e. The zero-order valence-electron chi connectivity index (χ0n) is 18.6. The number of carbonyl (C=O) groups is 1. The zero-order valence-corrected chi connectivity index (χ0v) is 18.6. The molecule has 0 radical (unpaired) electrons. The van der Waals surface area contributed by atoms with E-state index >= 15 is 0 Å². The molecule has 1 aliphatic rings. The minimum Gasteiger partial charge on any atom is -0.372 e. The third-order valence-electron chi connectivity index (χ3n) is 5.77.